The number of aliphatic hydroxyl groups excluding tert-OH is 1. The second-order valence-electron chi connectivity index (χ2n) is 6.88. The van der Waals surface area contributed by atoms with Crippen LogP contribution in [0.25, 0.3) is 10.8 Å². The summed E-state index contributed by atoms with van der Waals surface area (Å²) >= 11 is 0. The van der Waals surface area contributed by atoms with E-state index in [1.165, 1.54) is 11.2 Å². The summed E-state index contributed by atoms with van der Waals surface area (Å²) in [6.45, 7) is 0.601. The number of benzene rings is 2. The molecule has 8 heteroatoms. The van der Waals surface area contributed by atoms with Gasteiger partial charge in [-0.3, -0.25) is 4.79 Å². The van der Waals surface area contributed by atoms with Gasteiger partial charge < -0.3 is 28.6 Å². The van der Waals surface area contributed by atoms with Crippen molar-refractivity contribution < 1.29 is 28.5 Å². The Balaban J connectivity index is 1.41. The van der Waals surface area contributed by atoms with Gasteiger partial charge in [0.2, 0.25) is 5.89 Å². The highest BCUT2D eigenvalue weighted by Crippen LogP contribution is 2.25. The number of likely N-dealkylation sites (N-methyl/N-ethyl adjacent to an activating group) is 1. The number of oxazole rings is 1. The molecule has 0 spiro atoms. The molecule has 2 atom stereocenters. The lowest BCUT2D eigenvalue weighted by Gasteiger charge is -2.24. The van der Waals surface area contributed by atoms with Crippen LogP contribution in [0.15, 0.2) is 47.1 Å². The first kappa shape index (κ1) is 19.2. The average molecular weight is 398 g/mol. The number of aromatic nitrogens is 1. The van der Waals surface area contributed by atoms with Crippen LogP contribution in [-0.4, -0.2) is 60.4 Å². The smallest absolute Gasteiger partial charge is 0.275 e. The maximum atomic E-state index is 12.6. The fourth-order valence-electron chi connectivity index (χ4n) is 3.27. The Bertz CT molecular complexity index is 1020. The number of methoxy groups -OCH3 is 1. The molecule has 1 aliphatic heterocycles. The molecule has 0 unspecified atom stereocenters. The lowest BCUT2D eigenvalue weighted by atomic mass is 10.1. The maximum absolute atomic E-state index is 12.6. The van der Waals surface area contributed by atoms with Crippen LogP contribution >= 0.6 is 0 Å². The van der Waals surface area contributed by atoms with Crippen LogP contribution < -0.4 is 9.47 Å². The molecule has 0 saturated carbocycles. The summed E-state index contributed by atoms with van der Waals surface area (Å²) in [6.07, 6.45) is 0.593. The molecule has 1 N–H and O–H groups in total. The molecule has 2 aromatic carbocycles. The largest absolute Gasteiger partial charge is 0.497 e. The monoisotopic (exact) mass is 398 g/mol. The number of ether oxygens (including phenoxy) is 3. The van der Waals surface area contributed by atoms with E-state index in [2.05, 4.69) is 4.98 Å². The van der Waals surface area contributed by atoms with Gasteiger partial charge in [-0.2, -0.15) is 0 Å². The number of carbonyl (C=O) groups is 1. The Labute approximate surface area is 167 Å². The summed E-state index contributed by atoms with van der Waals surface area (Å²) in [4.78, 5) is 18.2. The van der Waals surface area contributed by atoms with E-state index in [-0.39, 0.29) is 30.7 Å². The summed E-state index contributed by atoms with van der Waals surface area (Å²) < 4.78 is 21.6. The van der Waals surface area contributed by atoms with Gasteiger partial charge in [0.25, 0.3) is 5.91 Å². The van der Waals surface area contributed by atoms with Gasteiger partial charge in [-0.25, -0.2) is 4.98 Å². The van der Waals surface area contributed by atoms with Gasteiger partial charge in [0.1, 0.15) is 17.8 Å². The molecule has 1 aliphatic rings. The molecule has 1 aromatic heterocycles. The molecule has 0 bridgehead atoms. The number of nitrogens with zero attached hydrogens (tertiary/aromatic N) is 2. The van der Waals surface area contributed by atoms with Crippen molar-refractivity contribution in [3.8, 4) is 11.5 Å². The third-order valence-electron chi connectivity index (χ3n) is 4.99. The van der Waals surface area contributed by atoms with Gasteiger partial charge in [0.15, 0.2) is 12.3 Å². The molecule has 3 aromatic rings. The molecular formula is C21H22N2O6. The van der Waals surface area contributed by atoms with E-state index < -0.39 is 12.1 Å². The van der Waals surface area contributed by atoms with Gasteiger partial charge in [0, 0.05) is 7.05 Å². The zero-order valence-corrected chi connectivity index (χ0v) is 16.2. The first-order valence-corrected chi connectivity index (χ1v) is 9.23. The number of hydrogen-bond donors (Lipinski definition) is 1. The first-order chi connectivity index (χ1) is 14.0. The van der Waals surface area contributed by atoms with Gasteiger partial charge in [-0.15, -0.1) is 0 Å². The average Bonchev–Trinajstić information content (AvgIpc) is 3.39. The van der Waals surface area contributed by atoms with Crippen LogP contribution in [0.1, 0.15) is 16.4 Å². The standard InChI is InChI=1S/C21H22N2O6/c1-23(18-10-27-11-19(18)24)21(25)17-9-29-20(22-17)12-28-16-6-4-13-3-5-15(26-2)7-14(13)8-16/h3-9,18-19,24H,10-12H2,1-2H3/t18-,19-/m0/s1. The topological polar surface area (TPSA) is 94.3 Å². The molecule has 4 rings (SSSR count). The molecule has 1 fully saturated rings. The van der Waals surface area contributed by atoms with E-state index in [9.17, 15) is 9.90 Å². The van der Waals surface area contributed by atoms with Gasteiger partial charge in [-0.1, -0.05) is 12.1 Å². The van der Waals surface area contributed by atoms with Crippen molar-refractivity contribution in [2.75, 3.05) is 27.4 Å². The highest BCUT2D eigenvalue weighted by molar-refractivity contribution is 5.92. The van der Waals surface area contributed by atoms with Crippen LogP contribution in [-0.2, 0) is 11.3 Å². The van der Waals surface area contributed by atoms with Crippen LogP contribution in [0, 0.1) is 0 Å². The molecule has 1 saturated heterocycles. The minimum absolute atomic E-state index is 0.0850. The highest BCUT2D eigenvalue weighted by atomic mass is 16.5. The minimum Gasteiger partial charge on any atom is -0.497 e. The predicted molar refractivity (Wildman–Crippen MR) is 104 cm³/mol. The number of carbonyl (C=O) groups excluding carboxylic acids is 1. The van der Waals surface area contributed by atoms with Crippen LogP contribution in [0.5, 0.6) is 11.5 Å². The second-order valence-corrected chi connectivity index (χ2v) is 6.88. The van der Waals surface area contributed by atoms with Crippen LogP contribution in [0.3, 0.4) is 0 Å². The van der Waals surface area contributed by atoms with Gasteiger partial charge in [-0.05, 0) is 35.0 Å². The Morgan fingerprint density at radius 3 is 2.69 bits per heavy atom. The van der Waals surface area contributed by atoms with Crippen LogP contribution in [0.2, 0.25) is 0 Å². The number of aliphatic hydroxyl groups is 1. The lowest BCUT2D eigenvalue weighted by molar-refractivity contribution is 0.0575. The maximum Gasteiger partial charge on any atom is 0.275 e. The van der Waals surface area contributed by atoms with E-state index in [0.29, 0.717) is 12.4 Å². The van der Waals surface area contributed by atoms with E-state index in [0.717, 1.165) is 16.5 Å². The Hall–Kier alpha value is -3.10. The zero-order chi connectivity index (χ0) is 20.4. The van der Waals surface area contributed by atoms with Crippen molar-refractivity contribution in [1.82, 2.24) is 9.88 Å². The SMILES string of the molecule is COc1ccc2ccc(OCc3nc(C(=O)N(C)[C@H]4COC[C@@H]4O)co3)cc2c1. The normalized spacial score (nSPS) is 18.7. The van der Waals surface area contributed by atoms with E-state index in [1.807, 2.05) is 36.4 Å². The Morgan fingerprint density at radius 2 is 1.97 bits per heavy atom. The van der Waals surface area contributed by atoms with Crippen molar-refractivity contribution in [2.24, 2.45) is 0 Å². The minimum atomic E-state index is -0.704. The summed E-state index contributed by atoms with van der Waals surface area (Å²) in [5.74, 6) is 1.37. The third kappa shape index (κ3) is 4.03. The highest BCUT2D eigenvalue weighted by Gasteiger charge is 2.33. The molecule has 152 valence electrons. The summed E-state index contributed by atoms with van der Waals surface area (Å²) in [5, 5.41) is 12.0. The lowest BCUT2D eigenvalue weighted by Crippen LogP contribution is -2.44. The van der Waals surface area contributed by atoms with Crippen molar-refractivity contribution >= 4 is 16.7 Å². The number of rotatable bonds is 6. The van der Waals surface area contributed by atoms with E-state index in [4.69, 9.17) is 18.6 Å². The third-order valence-corrected chi connectivity index (χ3v) is 4.99. The predicted octanol–water partition coefficient (Wildman–Crippen LogP) is 2.25. The van der Waals surface area contributed by atoms with Gasteiger partial charge >= 0.3 is 0 Å². The Morgan fingerprint density at radius 1 is 1.21 bits per heavy atom. The van der Waals surface area contributed by atoms with Crippen molar-refractivity contribution in [2.45, 2.75) is 18.8 Å². The zero-order valence-electron chi connectivity index (χ0n) is 16.2. The second kappa shape index (κ2) is 8.10. The fourth-order valence-corrected chi connectivity index (χ4v) is 3.27. The molecule has 0 aliphatic carbocycles. The van der Waals surface area contributed by atoms with Gasteiger partial charge in [0.05, 0.1) is 32.5 Å². The first-order valence-electron chi connectivity index (χ1n) is 9.23. The fraction of sp³-hybridized carbons (Fsp3) is 0.333. The Kier molecular flexibility index (Phi) is 5.37. The molecule has 8 nitrogen and oxygen atoms in total. The summed E-state index contributed by atoms with van der Waals surface area (Å²) in [5.41, 5.74) is 0.161. The molecular weight excluding hydrogens is 376 g/mol. The quantitative estimate of drug-likeness (QED) is 0.680. The molecule has 1 amide bonds. The van der Waals surface area contributed by atoms with Crippen LogP contribution in [0.4, 0.5) is 0 Å². The summed E-state index contributed by atoms with van der Waals surface area (Å²) in [6, 6.07) is 11.1. The van der Waals surface area contributed by atoms with Crippen molar-refractivity contribution in [3.05, 3.63) is 54.2 Å². The molecule has 0 radical (unpaired) electrons. The van der Waals surface area contributed by atoms with E-state index in [1.54, 1.807) is 14.2 Å². The van der Waals surface area contributed by atoms with E-state index >= 15 is 0 Å². The number of fused-ring (bicyclic) bond motifs is 1. The number of amides is 1. The molecule has 29 heavy (non-hydrogen) atoms. The molecule has 2 heterocycles. The van der Waals surface area contributed by atoms with Crippen molar-refractivity contribution in [3.63, 3.8) is 0 Å². The van der Waals surface area contributed by atoms with Crippen molar-refractivity contribution in [1.29, 1.82) is 0 Å². The number of hydrogen-bond acceptors (Lipinski definition) is 7. The summed E-state index contributed by atoms with van der Waals surface area (Å²) in [7, 11) is 3.24.